The molecular weight excluding hydrogens is 688 g/mol. The van der Waals surface area contributed by atoms with Crippen LogP contribution in [0.25, 0.3) is 0 Å². The summed E-state index contributed by atoms with van der Waals surface area (Å²) < 4.78 is 26.8. The lowest BCUT2D eigenvalue weighted by Crippen LogP contribution is -2.62. The lowest BCUT2D eigenvalue weighted by molar-refractivity contribution is -0.146. The lowest BCUT2D eigenvalue weighted by atomic mass is 9.85. The van der Waals surface area contributed by atoms with Crippen LogP contribution in [0.5, 0.6) is 0 Å². The van der Waals surface area contributed by atoms with Gasteiger partial charge in [0.1, 0.15) is 23.8 Å². The molecule has 15 heteroatoms. The van der Waals surface area contributed by atoms with E-state index in [9.17, 15) is 37.5 Å². The Morgan fingerprint density at radius 1 is 0.906 bits per heavy atom. The summed E-state index contributed by atoms with van der Waals surface area (Å²) >= 11 is 0. The fourth-order valence-electron chi connectivity index (χ4n) is 7.15. The second-order valence-electron chi connectivity index (χ2n) is 15.4. The molecular formula is C38H51F2N7O6. The molecule has 13 nitrogen and oxygen atoms in total. The van der Waals surface area contributed by atoms with Crippen molar-refractivity contribution < 1.29 is 37.5 Å². The smallest absolute Gasteiger partial charge is 0.290 e. The number of halogens is 2. The van der Waals surface area contributed by atoms with E-state index in [1.165, 1.54) is 23.5 Å². The molecule has 2 aromatic rings. The Labute approximate surface area is 308 Å². The third kappa shape index (κ3) is 10.4. The SMILES string of the molecule is CC(C)[C@@H](NC(=O)c1cnccn1)C(=O)N[C@H](C(=O)N1C[C@@H]2CCC[C@@H]2C1C(=O)NC(CCC(F)F)C(=O)C(=O)N[C@@H](C)c1ccccc1)C(C)(C)C. The molecule has 0 spiro atoms. The van der Waals surface area contributed by atoms with Gasteiger partial charge in [-0.25, -0.2) is 13.8 Å². The first kappa shape index (κ1) is 40.9. The number of benzene rings is 1. The summed E-state index contributed by atoms with van der Waals surface area (Å²) in [6.07, 6.45) is 2.21. The number of rotatable bonds is 15. The first-order valence-corrected chi connectivity index (χ1v) is 18.2. The molecule has 7 atom stereocenters. The normalized spacial score (nSPS) is 20.6. The van der Waals surface area contributed by atoms with Gasteiger partial charge < -0.3 is 26.2 Å². The van der Waals surface area contributed by atoms with Crippen molar-refractivity contribution in [3.63, 3.8) is 0 Å². The molecule has 288 valence electrons. The van der Waals surface area contributed by atoms with Crippen molar-refractivity contribution in [1.82, 2.24) is 36.1 Å². The quantitative estimate of drug-likeness (QED) is 0.201. The fraction of sp³-hybridized carbons (Fsp3) is 0.579. The number of nitrogens with one attached hydrogen (secondary N) is 4. The summed E-state index contributed by atoms with van der Waals surface area (Å²) in [5.74, 6) is -5.27. The molecule has 4 N–H and O–H groups in total. The van der Waals surface area contributed by atoms with Crippen molar-refractivity contribution in [1.29, 1.82) is 0 Å². The van der Waals surface area contributed by atoms with Crippen LogP contribution in [0, 0.1) is 23.2 Å². The summed E-state index contributed by atoms with van der Waals surface area (Å²) in [5, 5.41) is 10.7. The summed E-state index contributed by atoms with van der Waals surface area (Å²) in [4.78, 5) is 91.1. The Balaban J connectivity index is 1.55. The average molecular weight is 740 g/mol. The summed E-state index contributed by atoms with van der Waals surface area (Å²) in [5.41, 5.74) is -0.117. The van der Waals surface area contributed by atoms with Crippen molar-refractivity contribution in [2.75, 3.05) is 6.54 Å². The van der Waals surface area contributed by atoms with Crippen LogP contribution in [0.3, 0.4) is 0 Å². The number of carbonyl (C=O) groups excluding carboxylic acids is 6. The molecule has 2 unspecified atom stereocenters. The summed E-state index contributed by atoms with van der Waals surface area (Å²) in [6.45, 7) is 10.7. The highest BCUT2D eigenvalue weighted by atomic mass is 19.3. The van der Waals surface area contributed by atoms with Gasteiger partial charge >= 0.3 is 0 Å². The van der Waals surface area contributed by atoms with Gasteiger partial charge in [-0.05, 0) is 54.9 Å². The first-order chi connectivity index (χ1) is 25.0. The topological polar surface area (TPSA) is 180 Å². The van der Waals surface area contributed by atoms with Crippen molar-refractivity contribution in [2.45, 2.75) is 110 Å². The molecule has 5 amide bonds. The molecule has 53 heavy (non-hydrogen) atoms. The highest BCUT2D eigenvalue weighted by molar-refractivity contribution is 6.38. The molecule has 2 heterocycles. The number of ketones is 1. The zero-order chi connectivity index (χ0) is 39.0. The van der Waals surface area contributed by atoms with Crippen molar-refractivity contribution >= 4 is 35.3 Å². The standard InChI is InChI=1S/C38H51F2N7O6/c1-21(2)29(45-33(49)27-19-41-17-18-42-27)34(50)46-32(38(4,5)6)37(53)47-20-24-13-10-14-25(24)30(47)35(51)44-26(15-16-28(39)40)31(48)36(52)43-22(3)23-11-8-7-9-12-23/h7-9,11-12,17-19,21-22,24-26,28-30,32H,10,13-16,20H2,1-6H3,(H,43,52)(H,44,51)(H,45,49)(H,46,50)/t22-,24-,25-,26?,29+,30?,32+/m0/s1. The molecule has 1 saturated heterocycles. The van der Waals surface area contributed by atoms with Gasteiger partial charge in [0.15, 0.2) is 0 Å². The number of hydrogen-bond acceptors (Lipinski definition) is 8. The number of nitrogens with zero attached hydrogens (tertiary/aromatic N) is 3. The molecule has 0 bridgehead atoms. The van der Waals surface area contributed by atoms with Crippen LogP contribution in [-0.2, 0) is 24.0 Å². The van der Waals surface area contributed by atoms with Gasteiger partial charge in [0.05, 0.1) is 18.3 Å². The summed E-state index contributed by atoms with van der Waals surface area (Å²) in [6, 6.07) is 3.50. The second kappa shape index (κ2) is 17.8. The minimum absolute atomic E-state index is 0.0142. The van der Waals surface area contributed by atoms with Crippen LogP contribution in [0.2, 0.25) is 0 Å². The van der Waals surface area contributed by atoms with E-state index in [1.807, 2.05) is 0 Å². The number of hydrogen-bond donors (Lipinski definition) is 4. The predicted molar refractivity (Wildman–Crippen MR) is 191 cm³/mol. The van der Waals surface area contributed by atoms with Gasteiger partial charge in [0, 0.05) is 25.4 Å². The number of amides is 5. The van der Waals surface area contributed by atoms with Crippen LogP contribution in [0.15, 0.2) is 48.9 Å². The molecule has 1 aromatic heterocycles. The van der Waals surface area contributed by atoms with Crippen LogP contribution in [0.1, 0.15) is 95.7 Å². The Morgan fingerprint density at radius 2 is 1.60 bits per heavy atom. The second-order valence-corrected chi connectivity index (χ2v) is 15.4. The maximum atomic E-state index is 14.5. The van der Waals surface area contributed by atoms with E-state index >= 15 is 0 Å². The molecule has 4 rings (SSSR count). The Morgan fingerprint density at radius 3 is 2.21 bits per heavy atom. The van der Waals surface area contributed by atoms with Crippen molar-refractivity contribution in [2.24, 2.45) is 23.2 Å². The molecule has 1 aliphatic heterocycles. The fourth-order valence-corrected chi connectivity index (χ4v) is 7.15. The third-order valence-electron chi connectivity index (χ3n) is 10.1. The monoisotopic (exact) mass is 739 g/mol. The maximum absolute atomic E-state index is 14.5. The number of likely N-dealkylation sites (tertiary alicyclic amines) is 1. The molecule has 1 saturated carbocycles. The zero-order valence-electron chi connectivity index (χ0n) is 31.1. The highest BCUT2D eigenvalue weighted by Gasteiger charge is 2.52. The van der Waals surface area contributed by atoms with E-state index < -0.39 is 90.2 Å². The highest BCUT2D eigenvalue weighted by Crippen LogP contribution is 2.43. The lowest BCUT2D eigenvalue weighted by Gasteiger charge is -2.37. The summed E-state index contributed by atoms with van der Waals surface area (Å²) in [7, 11) is 0. The number of Topliss-reactive ketones (excluding diaryl/α,β-unsaturated/α-hetero) is 1. The number of aromatic nitrogens is 2. The van der Waals surface area contributed by atoms with Crippen LogP contribution in [-0.4, -0.2) is 87.3 Å². The number of fused-ring (bicyclic) bond motifs is 1. The number of carbonyl (C=O) groups is 6. The largest absolute Gasteiger partial charge is 0.344 e. The maximum Gasteiger partial charge on any atom is 0.290 e. The Kier molecular flexibility index (Phi) is 13.8. The minimum atomic E-state index is -2.78. The molecule has 0 radical (unpaired) electrons. The molecule has 2 aliphatic rings. The van der Waals surface area contributed by atoms with E-state index in [0.29, 0.717) is 6.42 Å². The van der Waals surface area contributed by atoms with Crippen LogP contribution in [0.4, 0.5) is 8.78 Å². The van der Waals surface area contributed by atoms with E-state index in [2.05, 4.69) is 31.2 Å². The molecule has 1 aromatic carbocycles. The van der Waals surface area contributed by atoms with Gasteiger partial charge in [-0.2, -0.15) is 0 Å². The van der Waals surface area contributed by atoms with Gasteiger partial charge in [-0.1, -0.05) is 71.4 Å². The van der Waals surface area contributed by atoms with Crippen molar-refractivity contribution in [3.8, 4) is 0 Å². The van der Waals surface area contributed by atoms with Gasteiger partial charge in [-0.3, -0.25) is 33.8 Å². The Bertz CT molecular complexity index is 1620. The van der Waals surface area contributed by atoms with Gasteiger partial charge in [0.25, 0.3) is 11.8 Å². The van der Waals surface area contributed by atoms with Gasteiger partial charge in [0.2, 0.25) is 29.9 Å². The Hall–Kier alpha value is -4.82. The van der Waals surface area contributed by atoms with E-state index in [1.54, 1.807) is 71.9 Å². The average Bonchev–Trinajstić information content (AvgIpc) is 3.72. The predicted octanol–water partition coefficient (Wildman–Crippen LogP) is 3.37. The zero-order valence-corrected chi connectivity index (χ0v) is 31.1. The number of alkyl halides is 2. The van der Waals surface area contributed by atoms with E-state index in [4.69, 9.17) is 0 Å². The molecule has 2 fully saturated rings. The minimum Gasteiger partial charge on any atom is -0.344 e. The van der Waals surface area contributed by atoms with Crippen LogP contribution < -0.4 is 21.3 Å². The third-order valence-corrected chi connectivity index (χ3v) is 10.1. The van der Waals surface area contributed by atoms with E-state index in [0.717, 1.165) is 18.4 Å². The first-order valence-electron chi connectivity index (χ1n) is 18.2. The van der Waals surface area contributed by atoms with Crippen molar-refractivity contribution in [3.05, 3.63) is 60.2 Å². The van der Waals surface area contributed by atoms with E-state index in [-0.39, 0.29) is 30.0 Å². The van der Waals surface area contributed by atoms with Gasteiger partial charge in [-0.15, -0.1) is 0 Å². The van der Waals surface area contributed by atoms with Crippen LogP contribution >= 0.6 is 0 Å². The molecule has 1 aliphatic carbocycles.